The third-order valence-corrected chi connectivity index (χ3v) is 4.72. The molecule has 0 atom stereocenters. The van der Waals surface area contributed by atoms with Crippen molar-refractivity contribution in [3.63, 3.8) is 0 Å². The molecule has 1 saturated carbocycles. The lowest BCUT2D eigenvalue weighted by Gasteiger charge is -2.26. The Morgan fingerprint density at radius 3 is 2.25 bits per heavy atom. The van der Waals surface area contributed by atoms with Crippen LogP contribution in [0.1, 0.15) is 50.5 Å². The molecule has 1 aliphatic rings. The van der Waals surface area contributed by atoms with Crippen LogP contribution in [0.25, 0.3) is 0 Å². The number of halogens is 4. The number of ether oxygens (including phenoxy) is 1. The second-order valence-electron chi connectivity index (χ2n) is 6.54. The lowest BCUT2D eigenvalue weighted by Crippen LogP contribution is -2.17. The summed E-state index contributed by atoms with van der Waals surface area (Å²) in [6.07, 6.45) is 6.37. The Balaban J connectivity index is 1.62. The highest BCUT2D eigenvalue weighted by atomic mass is 19.4. The van der Waals surface area contributed by atoms with Crippen LogP contribution in [0.15, 0.2) is 36.7 Å². The number of aryl methyl sites for hydroxylation is 1. The van der Waals surface area contributed by atoms with E-state index in [4.69, 9.17) is 0 Å². The molecule has 0 N–H and O–H groups in total. The van der Waals surface area contributed by atoms with Gasteiger partial charge in [0, 0.05) is 0 Å². The van der Waals surface area contributed by atoms with Crippen molar-refractivity contribution in [2.75, 3.05) is 0 Å². The summed E-state index contributed by atoms with van der Waals surface area (Å²) in [5.41, 5.74) is 1.03. The molecule has 0 spiro atoms. The number of rotatable bonds is 7. The van der Waals surface area contributed by atoms with E-state index >= 15 is 0 Å². The van der Waals surface area contributed by atoms with E-state index in [1.54, 1.807) is 18.2 Å². The van der Waals surface area contributed by atoms with Crippen molar-refractivity contribution in [3.05, 3.63) is 42.2 Å². The van der Waals surface area contributed by atoms with Crippen molar-refractivity contribution in [1.29, 1.82) is 0 Å². The smallest absolute Gasteiger partial charge is 0.406 e. The number of benzene rings is 1. The van der Waals surface area contributed by atoms with Crippen molar-refractivity contribution in [3.8, 4) is 5.75 Å². The molecular formula is C19H24F4O. The van der Waals surface area contributed by atoms with E-state index < -0.39 is 6.36 Å². The van der Waals surface area contributed by atoms with Crippen LogP contribution in [-0.4, -0.2) is 6.36 Å². The zero-order valence-electron chi connectivity index (χ0n) is 13.7. The highest BCUT2D eigenvalue weighted by Gasteiger charge is 2.30. The maximum atomic E-state index is 12.1. The van der Waals surface area contributed by atoms with E-state index in [1.165, 1.54) is 31.4 Å². The highest BCUT2D eigenvalue weighted by Crippen LogP contribution is 2.32. The number of alkyl halides is 3. The molecule has 1 nitrogen and oxygen atoms in total. The Kier molecular flexibility index (Phi) is 7.13. The van der Waals surface area contributed by atoms with Gasteiger partial charge in [-0.1, -0.05) is 31.1 Å². The van der Waals surface area contributed by atoms with Gasteiger partial charge in [0.25, 0.3) is 0 Å². The SMILES string of the molecule is FC=CC1CCC(CCCCc2ccc(OC(F)(F)F)cc2)CC1. The van der Waals surface area contributed by atoms with Gasteiger partial charge in [-0.3, -0.25) is 0 Å². The molecule has 0 bridgehead atoms. The summed E-state index contributed by atoms with van der Waals surface area (Å²) in [6, 6.07) is 6.11. The Labute approximate surface area is 140 Å². The number of allylic oxidation sites excluding steroid dienone is 1. The fraction of sp³-hybridized carbons (Fsp3) is 0.579. The summed E-state index contributed by atoms with van der Waals surface area (Å²) in [4.78, 5) is 0. The lowest BCUT2D eigenvalue weighted by atomic mass is 9.80. The van der Waals surface area contributed by atoms with Crippen molar-refractivity contribution >= 4 is 0 Å². The molecule has 1 aliphatic carbocycles. The zero-order valence-corrected chi connectivity index (χ0v) is 13.7. The topological polar surface area (TPSA) is 9.23 Å². The van der Waals surface area contributed by atoms with Gasteiger partial charge in [0.2, 0.25) is 0 Å². The molecule has 1 aromatic carbocycles. The molecule has 0 radical (unpaired) electrons. The van der Waals surface area contributed by atoms with E-state index in [2.05, 4.69) is 4.74 Å². The number of hydrogen-bond acceptors (Lipinski definition) is 1. The van der Waals surface area contributed by atoms with Crippen LogP contribution >= 0.6 is 0 Å². The molecule has 5 heteroatoms. The van der Waals surface area contributed by atoms with Gasteiger partial charge in [-0.05, 0) is 68.1 Å². The molecule has 0 amide bonds. The minimum atomic E-state index is -4.64. The van der Waals surface area contributed by atoms with Gasteiger partial charge in [0.05, 0.1) is 6.33 Å². The van der Waals surface area contributed by atoms with E-state index in [-0.39, 0.29) is 5.75 Å². The van der Waals surface area contributed by atoms with Gasteiger partial charge >= 0.3 is 6.36 Å². The third kappa shape index (κ3) is 6.93. The molecule has 1 aromatic rings. The molecule has 0 saturated heterocycles. The van der Waals surface area contributed by atoms with Gasteiger partial charge in [-0.25, -0.2) is 4.39 Å². The first-order chi connectivity index (χ1) is 11.5. The summed E-state index contributed by atoms with van der Waals surface area (Å²) < 4.78 is 52.3. The van der Waals surface area contributed by atoms with Crippen molar-refractivity contribution < 1.29 is 22.3 Å². The molecule has 24 heavy (non-hydrogen) atoms. The molecular weight excluding hydrogens is 320 g/mol. The summed E-state index contributed by atoms with van der Waals surface area (Å²) in [5, 5.41) is 0. The van der Waals surface area contributed by atoms with Crippen LogP contribution in [0.5, 0.6) is 5.75 Å². The Morgan fingerprint density at radius 1 is 1.00 bits per heavy atom. The highest BCUT2D eigenvalue weighted by molar-refractivity contribution is 5.27. The van der Waals surface area contributed by atoms with E-state index in [9.17, 15) is 17.6 Å². The van der Waals surface area contributed by atoms with Gasteiger partial charge in [0.1, 0.15) is 5.75 Å². The van der Waals surface area contributed by atoms with Gasteiger partial charge in [0.15, 0.2) is 0 Å². The Morgan fingerprint density at radius 2 is 1.67 bits per heavy atom. The average Bonchev–Trinajstić information content (AvgIpc) is 2.53. The molecule has 0 aromatic heterocycles. The normalized spacial score (nSPS) is 22.0. The summed E-state index contributed by atoms with van der Waals surface area (Å²) in [6.45, 7) is 0. The minimum absolute atomic E-state index is 0.176. The summed E-state index contributed by atoms with van der Waals surface area (Å²) in [7, 11) is 0. The lowest BCUT2D eigenvalue weighted by molar-refractivity contribution is -0.274. The zero-order chi connectivity index (χ0) is 17.4. The van der Waals surface area contributed by atoms with Crippen molar-refractivity contribution in [1.82, 2.24) is 0 Å². The maximum absolute atomic E-state index is 12.1. The quantitative estimate of drug-likeness (QED) is 0.400. The first kappa shape index (κ1) is 18.8. The predicted octanol–water partition coefficient (Wildman–Crippen LogP) is 6.59. The van der Waals surface area contributed by atoms with Crippen LogP contribution in [0.4, 0.5) is 17.6 Å². The van der Waals surface area contributed by atoms with Crippen molar-refractivity contribution in [2.24, 2.45) is 11.8 Å². The largest absolute Gasteiger partial charge is 0.573 e. The van der Waals surface area contributed by atoms with Gasteiger partial charge in [-0.2, -0.15) is 0 Å². The molecule has 2 rings (SSSR count). The van der Waals surface area contributed by atoms with E-state index in [0.29, 0.717) is 12.2 Å². The monoisotopic (exact) mass is 344 g/mol. The predicted molar refractivity (Wildman–Crippen MR) is 86.4 cm³/mol. The molecule has 0 heterocycles. The first-order valence-corrected chi connectivity index (χ1v) is 8.58. The fourth-order valence-electron chi connectivity index (χ4n) is 3.39. The summed E-state index contributed by atoms with van der Waals surface area (Å²) in [5.74, 6) is 0.964. The van der Waals surface area contributed by atoms with Gasteiger partial charge in [-0.15, -0.1) is 13.2 Å². The second kappa shape index (κ2) is 9.09. The van der Waals surface area contributed by atoms with Crippen LogP contribution in [0, 0.1) is 11.8 Å². The molecule has 1 fully saturated rings. The molecule has 134 valence electrons. The molecule has 0 aliphatic heterocycles. The Hall–Kier alpha value is -1.52. The average molecular weight is 344 g/mol. The van der Waals surface area contributed by atoms with Gasteiger partial charge < -0.3 is 4.74 Å². The Bertz CT molecular complexity index is 499. The van der Waals surface area contributed by atoms with Crippen LogP contribution < -0.4 is 4.74 Å². The number of hydrogen-bond donors (Lipinski definition) is 0. The van der Waals surface area contributed by atoms with E-state index in [1.807, 2.05) is 0 Å². The van der Waals surface area contributed by atoms with Crippen molar-refractivity contribution in [2.45, 2.75) is 57.7 Å². The van der Waals surface area contributed by atoms with Crippen LogP contribution in [0.3, 0.4) is 0 Å². The second-order valence-corrected chi connectivity index (χ2v) is 6.54. The third-order valence-electron chi connectivity index (χ3n) is 4.72. The number of unbranched alkanes of at least 4 members (excludes halogenated alkanes) is 1. The maximum Gasteiger partial charge on any atom is 0.573 e. The summed E-state index contributed by atoms with van der Waals surface area (Å²) >= 11 is 0. The minimum Gasteiger partial charge on any atom is -0.406 e. The first-order valence-electron chi connectivity index (χ1n) is 8.58. The van der Waals surface area contributed by atoms with Crippen LogP contribution in [-0.2, 0) is 6.42 Å². The van der Waals surface area contributed by atoms with Crippen LogP contribution in [0.2, 0.25) is 0 Å². The molecule has 0 unspecified atom stereocenters. The van der Waals surface area contributed by atoms with E-state index in [0.717, 1.165) is 43.6 Å². The standard InChI is InChI=1S/C19H24F4O/c20-14-13-17-7-5-15(6-8-17)3-1-2-4-16-9-11-18(12-10-16)24-19(21,22)23/h9-15,17H,1-8H2. The fourth-order valence-corrected chi connectivity index (χ4v) is 3.39.